The zero-order chi connectivity index (χ0) is 9.30. The van der Waals surface area contributed by atoms with Crippen LogP contribution in [0.4, 0.5) is 8.78 Å². The van der Waals surface area contributed by atoms with Gasteiger partial charge in [0, 0.05) is 0 Å². The molecule has 66 valence electrons. The molecule has 1 aromatic heterocycles. The van der Waals surface area contributed by atoms with E-state index in [2.05, 4.69) is 15.9 Å². The second kappa shape index (κ2) is 3.35. The number of hydrogen-bond acceptors (Lipinski definition) is 2. The molecular formula is C7H5BrF2O2. The fourth-order valence-electron chi connectivity index (χ4n) is 0.787. The minimum absolute atomic E-state index is 0.281. The van der Waals surface area contributed by atoms with Gasteiger partial charge in [-0.2, -0.15) is 0 Å². The maximum Gasteiger partial charge on any atom is 0.303 e. The highest BCUT2D eigenvalue weighted by Gasteiger charge is 2.23. The van der Waals surface area contributed by atoms with Crippen molar-refractivity contribution in [2.24, 2.45) is 0 Å². The molecule has 0 atom stereocenters. The minimum atomic E-state index is -3.01. The van der Waals surface area contributed by atoms with Gasteiger partial charge >= 0.3 is 6.43 Å². The van der Waals surface area contributed by atoms with Crippen LogP contribution in [0.3, 0.4) is 0 Å². The normalized spacial score (nSPS) is 10.8. The molecule has 0 saturated heterocycles. The van der Waals surface area contributed by atoms with E-state index in [1.165, 1.54) is 13.0 Å². The van der Waals surface area contributed by atoms with E-state index in [1.54, 1.807) is 0 Å². The first kappa shape index (κ1) is 9.38. The van der Waals surface area contributed by atoms with Crippen molar-refractivity contribution in [1.82, 2.24) is 0 Å². The average molecular weight is 239 g/mol. The summed E-state index contributed by atoms with van der Waals surface area (Å²) in [7, 11) is 0. The first-order chi connectivity index (χ1) is 5.52. The fraction of sp³-hybridized carbons (Fsp3) is 0.286. The zero-order valence-corrected chi connectivity index (χ0v) is 7.69. The van der Waals surface area contributed by atoms with Crippen LogP contribution in [-0.4, -0.2) is 12.2 Å². The van der Waals surface area contributed by atoms with E-state index in [0.29, 0.717) is 5.56 Å². The molecule has 0 aliphatic rings. The van der Waals surface area contributed by atoms with Crippen LogP contribution in [0.1, 0.15) is 16.1 Å². The van der Waals surface area contributed by atoms with Gasteiger partial charge in [-0.3, -0.25) is 4.79 Å². The van der Waals surface area contributed by atoms with Gasteiger partial charge in [-0.1, -0.05) is 0 Å². The molecule has 1 heterocycles. The number of Topliss-reactive ketones (excluding diaryl/α,β-unsaturated/α-hetero) is 1. The van der Waals surface area contributed by atoms with Gasteiger partial charge in [0.15, 0.2) is 10.4 Å². The molecule has 0 amide bonds. The van der Waals surface area contributed by atoms with Crippen molar-refractivity contribution >= 4 is 21.7 Å². The number of aryl methyl sites for hydroxylation is 1. The summed E-state index contributed by atoms with van der Waals surface area (Å²) < 4.78 is 28.8. The van der Waals surface area contributed by atoms with E-state index >= 15 is 0 Å². The molecule has 1 rings (SSSR count). The lowest BCUT2D eigenvalue weighted by Gasteiger charge is -1.94. The Hall–Kier alpha value is -0.710. The molecule has 2 nitrogen and oxygen atoms in total. The topological polar surface area (TPSA) is 30.2 Å². The summed E-state index contributed by atoms with van der Waals surface area (Å²) in [6.07, 6.45) is -3.01. The van der Waals surface area contributed by atoms with E-state index in [4.69, 9.17) is 4.42 Å². The number of furan rings is 1. The van der Waals surface area contributed by atoms with Gasteiger partial charge in [-0.15, -0.1) is 0 Å². The lowest BCUT2D eigenvalue weighted by Crippen LogP contribution is -2.10. The van der Waals surface area contributed by atoms with Crippen LogP contribution in [0.5, 0.6) is 0 Å². The van der Waals surface area contributed by atoms with Crippen LogP contribution in [-0.2, 0) is 0 Å². The molecular weight excluding hydrogens is 234 g/mol. The summed E-state index contributed by atoms with van der Waals surface area (Å²) in [5, 5.41) is 0. The Morgan fingerprint density at radius 3 is 2.58 bits per heavy atom. The summed E-state index contributed by atoms with van der Waals surface area (Å²) in [4.78, 5) is 10.7. The van der Waals surface area contributed by atoms with Gasteiger partial charge in [0.2, 0.25) is 0 Å². The number of rotatable bonds is 2. The Labute approximate surface area is 75.7 Å². The standard InChI is InChI=1S/C7H5BrF2O2/c1-3-2-4(8)12-6(3)5(11)7(9)10/h2,7H,1H3. The highest BCUT2D eigenvalue weighted by atomic mass is 79.9. The van der Waals surface area contributed by atoms with Crippen molar-refractivity contribution in [1.29, 1.82) is 0 Å². The van der Waals surface area contributed by atoms with E-state index < -0.39 is 12.2 Å². The predicted molar refractivity (Wildman–Crippen MR) is 41.5 cm³/mol. The average Bonchev–Trinajstić information content (AvgIpc) is 2.28. The number of carbonyl (C=O) groups is 1. The molecule has 0 aromatic carbocycles. The highest BCUT2D eigenvalue weighted by molar-refractivity contribution is 9.10. The molecule has 12 heavy (non-hydrogen) atoms. The van der Waals surface area contributed by atoms with Crippen molar-refractivity contribution in [3.8, 4) is 0 Å². The van der Waals surface area contributed by atoms with Gasteiger partial charge < -0.3 is 4.42 Å². The molecule has 0 aliphatic heterocycles. The highest BCUT2D eigenvalue weighted by Crippen LogP contribution is 2.21. The summed E-state index contributed by atoms with van der Waals surface area (Å²) in [5.74, 6) is -1.56. The van der Waals surface area contributed by atoms with E-state index in [0.717, 1.165) is 0 Å². The second-order valence-electron chi connectivity index (χ2n) is 2.23. The summed E-state index contributed by atoms with van der Waals surface area (Å²) in [6, 6.07) is 1.47. The molecule has 0 N–H and O–H groups in total. The van der Waals surface area contributed by atoms with Gasteiger partial charge in [0.25, 0.3) is 5.78 Å². The molecule has 5 heteroatoms. The van der Waals surface area contributed by atoms with Crippen LogP contribution in [0.25, 0.3) is 0 Å². The Bertz CT molecular complexity index is 306. The van der Waals surface area contributed by atoms with Gasteiger partial charge in [0.1, 0.15) is 0 Å². The van der Waals surface area contributed by atoms with E-state index in [9.17, 15) is 13.6 Å². The van der Waals surface area contributed by atoms with Gasteiger partial charge in [-0.05, 0) is 34.5 Å². The molecule has 0 fully saturated rings. The monoisotopic (exact) mass is 238 g/mol. The van der Waals surface area contributed by atoms with Crippen LogP contribution in [0, 0.1) is 6.92 Å². The van der Waals surface area contributed by atoms with E-state index in [-0.39, 0.29) is 10.4 Å². The Morgan fingerprint density at radius 1 is 1.67 bits per heavy atom. The maximum absolute atomic E-state index is 11.9. The molecule has 0 unspecified atom stereocenters. The van der Waals surface area contributed by atoms with Crippen molar-refractivity contribution in [2.75, 3.05) is 0 Å². The number of halogens is 3. The quantitative estimate of drug-likeness (QED) is 0.742. The number of hydrogen-bond donors (Lipinski definition) is 0. The van der Waals surface area contributed by atoms with Crippen LogP contribution >= 0.6 is 15.9 Å². The van der Waals surface area contributed by atoms with Crippen molar-refractivity contribution in [3.63, 3.8) is 0 Å². The molecule has 1 aromatic rings. The smallest absolute Gasteiger partial charge is 0.303 e. The SMILES string of the molecule is Cc1cc(Br)oc1C(=O)C(F)F. The molecule has 0 aliphatic carbocycles. The first-order valence-corrected chi connectivity index (χ1v) is 3.90. The third-order valence-electron chi connectivity index (χ3n) is 1.31. The Morgan fingerprint density at radius 2 is 2.25 bits per heavy atom. The summed E-state index contributed by atoms with van der Waals surface area (Å²) >= 11 is 2.94. The summed E-state index contributed by atoms with van der Waals surface area (Å²) in [5.41, 5.74) is 0.409. The van der Waals surface area contributed by atoms with Crippen molar-refractivity contribution < 1.29 is 18.0 Å². The first-order valence-electron chi connectivity index (χ1n) is 3.10. The van der Waals surface area contributed by atoms with Gasteiger partial charge in [0.05, 0.1) is 0 Å². The van der Waals surface area contributed by atoms with Crippen LogP contribution < -0.4 is 0 Å². The van der Waals surface area contributed by atoms with Crippen molar-refractivity contribution in [3.05, 3.63) is 22.1 Å². The Balaban J connectivity index is 3.02. The third-order valence-corrected chi connectivity index (χ3v) is 1.70. The molecule has 0 bridgehead atoms. The number of carbonyl (C=O) groups excluding carboxylic acids is 1. The van der Waals surface area contributed by atoms with Crippen LogP contribution in [0.15, 0.2) is 15.2 Å². The minimum Gasteiger partial charge on any atom is -0.446 e. The lowest BCUT2D eigenvalue weighted by molar-refractivity contribution is 0.0646. The predicted octanol–water partition coefficient (Wildman–Crippen LogP) is 2.80. The van der Waals surface area contributed by atoms with Crippen LogP contribution in [0.2, 0.25) is 0 Å². The largest absolute Gasteiger partial charge is 0.446 e. The van der Waals surface area contributed by atoms with Gasteiger partial charge in [-0.25, -0.2) is 8.78 Å². The summed E-state index contributed by atoms with van der Waals surface area (Å²) in [6.45, 7) is 1.53. The second-order valence-corrected chi connectivity index (χ2v) is 3.01. The number of alkyl halides is 2. The van der Waals surface area contributed by atoms with E-state index in [1.807, 2.05) is 0 Å². The molecule has 0 spiro atoms. The lowest BCUT2D eigenvalue weighted by atomic mass is 10.2. The zero-order valence-electron chi connectivity index (χ0n) is 6.11. The maximum atomic E-state index is 11.9. The third kappa shape index (κ3) is 1.72. The Kier molecular flexibility index (Phi) is 2.62. The number of ketones is 1. The fourth-order valence-corrected chi connectivity index (χ4v) is 1.29. The van der Waals surface area contributed by atoms with Crippen molar-refractivity contribution in [2.45, 2.75) is 13.3 Å². The molecule has 0 radical (unpaired) electrons. The molecule has 0 saturated carbocycles.